The Morgan fingerprint density at radius 3 is 1.72 bits per heavy atom. The molecule has 1 aliphatic carbocycles. The summed E-state index contributed by atoms with van der Waals surface area (Å²) in [5, 5.41) is 15.0. The van der Waals surface area contributed by atoms with E-state index in [0.29, 0.717) is 29.8 Å². The number of benzene rings is 2. The lowest BCUT2D eigenvalue weighted by Gasteiger charge is -2.26. The van der Waals surface area contributed by atoms with Gasteiger partial charge in [0.15, 0.2) is 0 Å². The lowest BCUT2D eigenvalue weighted by molar-refractivity contribution is -0.129. The number of aromatic hydroxyl groups is 1. The predicted octanol–water partition coefficient (Wildman–Crippen LogP) is 3.34. The Morgan fingerprint density at radius 1 is 0.828 bits per heavy atom. The van der Waals surface area contributed by atoms with Crippen molar-refractivity contribution >= 4 is 29.2 Å². The Morgan fingerprint density at radius 2 is 1.28 bits per heavy atom. The third-order valence-electron chi connectivity index (χ3n) is 4.81. The predicted molar refractivity (Wildman–Crippen MR) is 109 cm³/mol. The van der Waals surface area contributed by atoms with E-state index in [2.05, 4.69) is 15.4 Å². The Kier molecular flexibility index (Phi) is 6.29. The maximum absolute atomic E-state index is 12.8. The molecule has 0 saturated carbocycles. The topological polar surface area (TPSA) is 105 Å². The maximum atomic E-state index is 12.8. The van der Waals surface area contributed by atoms with E-state index >= 15 is 0 Å². The molecule has 7 heteroatoms. The lowest BCUT2D eigenvalue weighted by Crippen LogP contribution is -2.37. The smallest absolute Gasteiger partial charge is 0.337 e. The van der Waals surface area contributed by atoms with Crippen molar-refractivity contribution in [1.82, 2.24) is 0 Å². The number of ether oxygens (including phenoxy) is 1. The van der Waals surface area contributed by atoms with E-state index in [-0.39, 0.29) is 17.6 Å². The van der Waals surface area contributed by atoms with E-state index in [1.54, 1.807) is 36.4 Å². The van der Waals surface area contributed by atoms with E-state index in [9.17, 15) is 19.5 Å². The lowest BCUT2D eigenvalue weighted by atomic mass is 9.81. The van der Waals surface area contributed by atoms with Gasteiger partial charge in [-0.15, -0.1) is 0 Å². The number of methoxy groups -OCH3 is 1. The fraction of sp³-hybridized carbons (Fsp3) is 0.227. The summed E-state index contributed by atoms with van der Waals surface area (Å²) < 4.78 is 4.66. The number of nitrogens with one attached hydrogen (secondary N) is 2. The first-order chi connectivity index (χ1) is 14.0. The van der Waals surface area contributed by atoms with E-state index < -0.39 is 17.8 Å². The van der Waals surface area contributed by atoms with Gasteiger partial charge in [-0.3, -0.25) is 9.59 Å². The molecular weight excluding hydrogens is 372 g/mol. The summed E-state index contributed by atoms with van der Waals surface area (Å²) >= 11 is 0. The number of hydrogen-bond donors (Lipinski definition) is 3. The van der Waals surface area contributed by atoms with Crippen molar-refractivity contribution in [3.63, 3.8) is 0 Å². The molecule has 2 aromatic carbocycles. The number of hydrogen-bond acceptors (Lipinski definition) is 5. The Hall–Kier alpha value is -3.61. The molecule has 2 amide bonds. The van der Waals surface area contributed by atoms with Gasteiger partial charge in [-0.1, -0.05) is 12.2 Å². The van der Waals surface area contributed by atoms with Gasteiger partial charge in [-0.2, -0.15) is 0 Å². The molecule has 7 nitrogen and oxygen atoms in total. The van der Waals surface area contributed by atoms with Crippen molar-refractivity contribution in [3.05, 3.63) is 66.2 Å². The Bertz CT molecular complexity index is 919. The van der Waals surface area contributed by atoms with Gasteiger partial charge < -0.3 is 20.5 Å². The van der Waals surface area contributed by atoms with Crippen molar-refractivity contribution in [2.75, 3.05) is 17.7 Å². The average molecular weight is 394 g/mol. The molecule has 2 aromatic rings. The van der Waals surface area contributed by atoms with Crippen molar-refractivity contribution in [2.24, 2.45) is 11.8 Å². The van der Waals surface area contributed by atoms with Gasteiger partial charge in [0.25, 0.3) is 0 Å². The summed E-state index contributed by atoms with van der Waals surface area (Å²) in [4.78, 5) is 37.0. The van der Waals surface area contributed by atoms with Gasteiger partial charge in [-0.25, -0.2) is 4.79 Å². The molecule has 29 heavy (non-hydrogen) atoms. The summed E-state index contributed by atoms with van der Waals surface area (Å²) in [6.45, 7) is 0. The molecule has 0 saturated heterocycles. The van der Waals surface area contributed by atoms with Crippen molar-refractivity contribution in [1.29, 1.82) is 0 Å². The number of carbonyl (C=O) groups is 3. The molecule has 2 unspecified atom stereocenters. The fourth-order valence-electron chi connectivity index (χ4n) is 3.22. The van der Waals surface area contributed by atoms with Crippen molar-refractivity contribution in [3.8, 4) is 5.75 Å². The molecule has 0 radical (unpaired) electrons. The number of carbonyl (C=O) groups excluding carboxylic acids is 3. The average Bonchev–Trinajstić information content (AvgIpc) is 2.75. The Labute approximate surface area is 168 Å². The SMILES string of the molecule is COC(=O)c1ccc(NC(=O)C2CC=CCC2C(=O)Nc2ccc(O)cc2)cc1. The second kappa shape index (κ2) is 9.05. The molecule has 0 aromatic heterocycles. The van der Waals surface area contributed by atoms with E-state index in [0.717, 1.165) is 0 Å². The minimum Gasteiger partial charge on any atom is -0.508 e. The first-order valence-electron chi connectivity index (χ1n) is 9.22. The molecule has 0 aliphatic heterocycles. The molecule has 3 rings (SSSR count). The molecule has 3 N–H and O–H groups in total. The highest BCUT2D eigenvalue weighted by molar-refractivity contribution is 6.00. The zero-order chi connectivity index (χ0) is 20.8. The van der Waals surface area contributed by atoms with Gasteiger partial charge in [-0.05, 0) is 61.4 Å². The largest absolute Gasteiger partial charge is 0.508 e. The minimum atomic E-state index is -0.516. The second-order valence-electron chi connectivity index (χ2n) is 6.75. The normalized spacial score (nSPS) is 18.0. The van der Waals surface area contributed by atoms with Crippen LogP contribution >= 0.6 is 0 Å². The van der Waals surface area contributed by atoms with Crippen LogP contribution in [0.2, 0.25) is 0 Å². The number of esters is 1. The highest BCUT2D eigenvalue weighted by Crippen LogP contribution is 2.28. The maximum Gasteiger partial charge on any atom is 0.337 e. The first kappa shape index (κ1) is 20.1. The molecule has 2 atom stereocenters. The molecule has 0 fully saturated rings. The van der Waals surface area contributed by atoms with E-state index in [1.807, 2.05) is 12.2 Å². The third-order valence-corrected chi connectivity index (χ3v) is 4.81. The zero-order valence-electron chi connectivity index (χ0n) is 15.9. The molecule has 150 valence electrons. The van der Waals surface area contributed by atoms with Crippen molar-refractivity contribution in [2.45, 2.75) is 12.8 Å². The van der Waals surface area contributed by atoms with Crippen LogP contribution in [0.25, 0.3) is 0 Å². The number of rotatable bonds is 5. The van der Waals surface area contributed by atoms with Crippen LogP contribution in [0.15, 0.2) is 60.7 Å². The van der Waals surface area contributed by atoms with Crippen LogP contribution in [0.3, 0.4) is 0 Å². The summed E-state index contributed by atoms with van der Waals surface area (Å²) in [6.07, 6.45) is 4.72. The van der Waals surface area contributed by atoms with Crippen molar-refractivity contribution < 1.29 is 24.2 Å². The monoisotopic (exact) mass is 394 g/mol. The third kappa shape index (κ3) is 5.01. The standard InChI is InChI=1S/C22H22N2O5/c1-29-22(28)14-6-8-15(9-7-14)23-20(26)18-4-2-3-5-19(18)21(27)24-16-10-12-17(25)13-11-16/h2-3,6-13,18-19,25H,4-5H2,1H3,(H,23,26)(H,24,27). The Balaban J connectivity index is 1.67. The van der Waals surface area contributed by atoms with Gasteiger partial charge in [0.05, 0.1) is 24.5 Å². The van der Waals surface area contributed by atoms with Crippen LogP contribution in [0, 0.1) is 11.8 Å². The van der Waals surface area contributed by atoms with Crippen LogP contribution in [-0.2, 0) is 14.3 Å². The summed E-state index contributed by atoms with van der Waals surface area (Å²) in [6, 6.07) is 12.5. The zero-order valence-corrected chi connectivity index (χ0v) is 15.9. The number of phenolic OH excluding ortho intramolecular Hbond substituents is 1. The number of allylic oxidation sites excluding steroid dienone is 2. The number of phenols is 1. The van der Waals surface area contributed by atoms with Gasteiger partial charge in [0.1, 0.15) is 5.75 Å². The molecule has 0 spiro atoms. The summed E-state index contributed by atoms with van der Waals surface area (Å²) in [7, 11) is 1.30. The van der Waals surface area contributed by atoms with Crippen LogP contribution in [0.5, 0.6) is 5.75 Å². The van der Waals surface area contributed by atoms with Gasteiger partial charge in [0.2, 0.25) is 11.8 Å². The minimum absolute atomic E-state index is 0.110. The second-order valence-corrected chi connectivity index (χ2v) is 6.75. The van der Waals surface area contributed by atoms with Gasteiger partial charge in [0, 0.05) is 11.4 Å². The van der Waals surface area contributed by atoms with E-state index in [4.69, 9.17) is 0 Å². The molecule has 1 aliphatic rings. The van der Waals surface area contributed by atoms with Crippen LogP contribution < -0.4 is 10.6 Å². The molecular formula is C22H22N2O5. The number of anilines is 2. The summed E-state index contributed by atoms with van der Waals surface area (Å²) in [5.74, 6) is -1.88. The number of amides is 2. The quantitative estimate of drug-likeness (QED) is 0.410. The van der Waals surface area contributed by atoms with Gasteiger partial charge >= 0.3 is 5.97 Å². The van der Waals surface area contributed by atoms with Crippen LogP contribution in [0.4, 0.5) is 11.4 Å². The molecule has 0 bridgehead atoms. The van der Waals surface area contributed by atoms with Crippen LogP contribution in [-0.4, -0.2) is 30.0 Å². The fourth-order valence-corrected chi connectivity index (χ4v) is 3.22. The highest BCUT2D eigenvalue weighted by atomic mass is 16.5. The summed E-state index contributed by atoms with van der Waals surface area (Å²) in [5.41, 5.74) is 1.48. The van der Waals surface area contributed by atoms with Crippen LogP contribution in [0.1, 0.15) is 23.2 Å². The first-order valence-corrected chi connectivity index (χ1v) is 9.22. The highest BCUT2D eigenvalue weighted by Gasteiger charge is 2.34. The molecule has 0 heterocycles. The van der Waals surface area contributed by atoms with E-state index in [1.165, 1.54) is 19.2 Å².